The Balaban J connectivity index is 1.70. The minimum atomic E-state index is -0.140. The van der Waals surface area contributed by atoms with Crippen LogP contribution in [0.2, 0.25) is 0 Å². The third kappa shape index (κ3) is 3.17. The Hall–Kier alpha value is -3.08. The third-order valence-electron chi connectivity index (χ3n) is 5.41. The van der Waals surface area contributed by atoms with Crippen molar-refractivity contribution in [1.82, 2.24) is 9.66 Å². The monoisotopic (exact) mass is 375 g/mol. The molecule has 1 aliphatic heterocycles. The summed E-state index contributed by atoms with van der Waals surface area (Å²) in [6.07, 6.45) is 3.71. The summed E-state index contributed by atoms with van der Waals surface area (Å²) in [4.78, 5) is 17.7. The van der Waals surface area contributed by atoms with Crippen molar-refractivity contribution in [3.05, 3.63) is 70.0 Å². The highest BCUT2D eigenvalue weighted by molar-refractivity contribution is 6.02. The molecule has 0 bridgehead atoms. The molecule has 3 aromatic rings. The fourth-order valence-corrected chi connectivity index (χ4v) is 3.76. The van der Waals surface area contributed by atoms with E-state index in [9.17, 15) is 4.79 Å². The molecule has 1 amide bonds. The predicted octanol–water partition coefficient (Wildman–Crippen LogP) is 4.49. The zero-order valence-corrected chi connectivity index (χ0v) is 16.8. The predicted molar refractivity (Wildman–Crippen MR) is 111 cm³/mol. The fraction of sp³-hybridized carbons (Fsp3) is 0.304. The number of imidazole rings is 1. The highest BCUT2D eigenvalue weighted by Crippen LogP contribution is 2.30. The lowest BCUT2D eigenvalue weighted by Crippen LogP contribution is -2.26. The van der Waals surface area contributed by atoms with E-state index in [0.29, 0.717) is 5.56 Å². The van der Waals surface area contributed by atoms with E-state index in [4.69, 9.17) is 4.74 Å². The number of aryl methyl sites for hydroxylation is 3. The van der Waals surface area contributed by atoms with Crippen molar-refractivity contribution in [3.63, 3.8) is 0 Å². The molecule has 2 heterocycles. The van der Waals surface area contributed by atoms with Gasteiger partial charge in [0, 0.05) is 11.1 Å². The number of rotatable bonds is 3. The molecule has 4 rings (SSSR count). The van der Waals surface area contributed by atoms with Gasteiger partial charge in [-0.15, -0.1) is 0 Å². The Morgan fingerprint density at radius 2 is 1.96 bits per heavy atom. The van der Waals surface area contributed by atoms with E-state index in [0.717, 1.165) is 64.5 Å². The molecule has 0 unspecified atom stereocenters. The second-order valence-corrected chi connectivity index (χ2v) is 7.48. The van der Waals surface area contributed by atoms with Gasteiger partial charge in [0.2, 0.25) is 0 Å². The topological polar surface area (TPSA) is 56.2 Å². The zero-order chi connectivity index (χ0) is 19.8. The summed E-state index contributed by atoms with van der Waals surface area (Å²) in [6, 6.07) is 10.0. The number of hydrogen-bond acceptors (Lipinski definition) is 3. The lowest BCUT2D eigenvalue weighted by atomic mass is 9.96. The van der Waals surface area contributed by atoms with E-state index in [1.54, 1.807) is 10.9 Å². The number of nitrogens with zero attached hydrogens (tertiary/aromatic N) is 2. The fourth-order valence-electron chi connectivity index (χ4n) is 3.76. The maximum absolute atomic E-state index is 13.1. The molecule has 1 aliphatic rings. The molecule has 144 valence electrons. The molecular weight excluding hydrogens is 350 g/mol. The first kappa shape index (κ1) is 18.3. The number of benzene rings is 2. The Morgan fingerprint density at radius 1 is 1.14 bits per heavy atom. The smallest absolute Gasteiger partial charge is 0.270 e. The largest absolute Gasteiger partial charge is 0.493 e. The van der Waals surface area contributed by atoms with E-state index in [2.05, 4.69) is 42.5 Å². The molecule has 5 nitrogen and oxygen atoms in total. The van der Waals surface area contributed by atoms with Gasteiger partial charge in [-0.05, 0) is 75.4 Å². The maximum Gasteiger partial charge on any atom is 0.270 e. The van der Waals surface area contributed by atoms with Gasteiger partial charge >= 0.3 is 0 Å². The second-order valence-electron chi connectivity index (χ2n) is 7.48. The SMILES string of the molecule is Cc1ccc(C)c(-c2ncc(C)n2NC(=O)c2ccc3c(c2C)CCCO3)c1. The second kappa shape index (κ2) is 7.15. The normalized spacial score (nSPS) is 13.0. The molecule has 0 fully saturated rings. The first-order valence-electron chi connectivity index (χ1n) is 9.64. The molecule has 0 spiro atoms. The molecule has 0 saturated heterocycles. The summed E-state index contributed by atoms with van der Waals surface area (Å²) in [6.45, 7) is 8.79. The summed E-state index contributed by atoms with van der Waals surface area (Å²) < 4.78 is 7.50. The molecule has 0 atom stereocenters. The summed E-state index contributed by atoms with van der Waals surface area (Å²) >= 11 is 0. The molecule has 1 N–H and O–H groups in total. The maximum atomic E-state index is 13.1. The summed E-state index contributed by atoms with van der Waals surface area (Å²) in [5, 5.41) is 0. The number of hydrogen-bond donors (Lipinski definition) is 1. The number of aromatic nitrogens is 2. The first-order chi connectivity index (χ1) is 13.5. The number of amides is 1. The van der Waals surface area contributed by atoms with Gasteiger partial charge in [0.1, 0.15) is 5.75 Å². The Morgan fingerprint density at radius 3 is 2.79 bits per heavy atom. The Kier molecular flexibility index (Phi) is 4.67. The third-order valence-corrected chi connectivity index (χ3v) is 5.41. The van der Waals surface area contributed by atoms with Crippen LogP contribution in [0.25, 0.3) is 11.4 Å². The van der Waals surface area contributed by atoms with Crippen LogP contribution in [0, 0.1) is 27.7 Å². The van der Waals surface area contributed by atoms with Crippen LogP contribution in [-0.4, -0.2) is 22.2 Å². The molecule has 1 aromatic heterocycles. The average Bonchev–Trinajstić information content (AvgIpc) is 3.04. The highest BCUT2D eigenvalue weighted by Gasteiger charge is 2.20. The minimum absolute atomic E-state index is 0.140. The van der Waals surface area contributed by atoms with Crippen LogP contribution in [0.5, 0.6) is 5.75 Å². The molecule has 0 radical (unpaired) electrons. The molecule has 0 saturated carbocycles. The number of carbonyl (C=O) groups excluding carboxylic acids is 1. The van der Waals surface area contributed by atoms with Gasteiger partial charge in [-0.25, -0.2) is 9.66 Å². The van der Waals surface area contributed by atoms with Crippen molar-refractivity contribution in [3.8, 4) is 17.1 Å². The van der Waals surface area contributed by atoms with Crippen LogP contribution in [0.15, 0.2) is 36.5 Å². The highest BCUT2D eigenvalue weighted by atomic mass is 16.5. The van der Waals surface area contributed by atoms with E-state index >= 15 is 0 Å². The van der Waals surface area contributed by atoms with Crippen LogP contribution in [0.4, 0.5) is 0 Å². The molecule has 2 aromatic carbocycles. The van der Waals surface area contributed by atoms with Gasteiger partial charge in [-0.3, -0.25) is 10.2 Å². The average molecular weight is 375 g/mol. The van der Waals surface area contributed by atoms with E-state index < -0.39 is 0 Å². The zero-order valence-electron chi connectivity index (χ0n) is 16.8. The lowest BCUT2D eigenvalue weighted by molar-refractivity contribution is 0.101. The first-order valence-corrected chi connectivity index (χ1v) is 9.64. The van der Waals surface area contributed by atoms with Crippen LogP contribution in [0.3, 0.4) is 0 Å². The number of fused-ring (bicyclic) bond motifs is 1. The van der Waals surface area contributed by atoms with Crippen molar-refractivity contribution in [2.45, 2.75) is 40.5 Å². The van der Waals surface area contributed by atoms with E-state index in [1.807, 2.05) is 26.0 Å². The lowest BCUT2D eigenvalue weighted by Gasteiger charge is -2.21. The summed E-state index contributed by atoms with van der Waals surface area (Å²) in [5.41, 5.74) is 10.0. The summed E-state index contributed by atoms with van der Waals surface area (Å²) in [5.74, 6) is 1.50. The quantitative estimate of drug-likeness (QED) is 0.734. The van der Waals surface area contributed by atoms with Gasteiger partial charge in [0.25, 0.3) is 5.91 Å². The van der Waals surface area contributed by atoms with Crippen molar-refractivity contribution >= 4 is 5.91 Å². The van der Waals surface area contributed by atoms with Crippen LogP contribution < -0.4 is 10.2 Å². The van der Waals surface area contributed by atoms with Crippen molar-refractivity contribution in [1.29, 1.82) is 0 Å². The van der Waals surface area contributed by atoms with Crippen LogP contribution in [0.1, 0.15) is 44.7 Å². The van der Waals surface area contributed by atoms with Crippen LogP contribution >= 0.6 is 0 Å². The van der Waals surface area contributed by atoms with E-state index in [-0.39, 0.29) is 5.91 Å². The summed E-state index contributed by atoms with van der Waals surface area (Å²) in [7, 11) is 0. The van der Waals surface area contributed by atoms with Gasteiger partial charge in [-0.1, -0.05) is 17.7 Å². The van der Waals surface area contributed by atoms with Crippen LogP contribution in [-0.2, 0) is 6.42 Å². The Bertz CT molecular complexity index is 1070. The van der Waals surface area contributed by atoms with Crippen molar-refractivity contribution in [2.24, 2.45) is 0 Å². The number of ether oxygens (including phenoxy) is 1. The molecule has 5 heteroatoms. The molecule has 28 heavy (non-hydrogen) atoms. The standard InChI is InChI=1S/C23H25N3O2/c1-14-7-8-15(2)20(12-14)22-24-13-16(3)26(22)25-23(27)19-9-10-21-18(17(19)4)6-5-11-28-21/h7-10,12-13H,5-6,11H2,1-4H3,(H,25,27). The van der Waals surface area contributed by atoms with Gasteiger partial charge in [0.05, 0.1) is 18.5 Å². The molecular formula is C23H25N3O2. The molecule has 0 aliphatic carbocycles. The van der Waals surface area contributed by atoms with Gasteiger partial charge < -0.3 is 4.74 Å². The minimum Gasteiger partial charge on any atom is -0.493 e. The van der Waals surface area contributed by atoms with Gasteiger partial charge in [-0.2, -0.15) is 0 Å². The number of carbonyl (C=O) groups is 1. The van der Waals surface area contributed by atoms with E-state index in [1.165, 1.54) is 0 Å². The van der Waals surface area contributed by atoms with Crippen molar-refractivity contribution < 1.29 is 9.53 Å². The van der Waals surface area contributed by atoms with Gasteiger partial charge in [0.15, 0.2) is 5.82 Å². The number of nitrogens with one attached hydrogen (secondary N) is 1. The Labute approximate surface area is 165 Å². The van der Waals surface area contributed by atoms with Crippen molar-refractivity contribution in [2.75, 3.05) is 12.0 Å².